The number of carbonyl (C=O) groups excluding carboxylic acids is 11. The molecule has 93 heavy (non-hydrogen) atoms. The van der Waals surface area contributed by atoms with E-state index in [0.717, 1.165) is 0 Å². The lowest BCUT2D eigenvalue weighted by atomic mass is 10.1. The second-order valence-electron chi connectivity index (χ2n) is 19.5. The Hall–Kier alpha value is -10.5. The third-order valence-corrected chi connectivity index (χ3v) is 11.9. The highest BCUT2D eigenvalue weighted by Crippen LogP contribution is 2.08. The summed E-state index contributed by atoms with van der Waals surface area (Å²) >= 11 is 0. The molecule has 0 spiro atoms. The maximum absolute atomic E-state index is 13.2. The fourth-order valence-corrected chi connectivity index (χ4v) is 7.31. The van der Waals surface area contributed by atoms with Crippen LogP contribution in [0.25, 0.3) is 0 Å². The summed E-state index contributed by atoms with van der Waals surface area (Å²) in [5.41, 5.74) is 43.5. The Balaban J connectivity index is 0.00000162. The Morgan fingerprint density at radius 1 is 0.473 bits per heavy atom. The first kappa shape index (κ1) is 82.5. The molecule has 0 fully saturated rings. The molecule has 10 amide bonds. The lowest BCUT2D eigenvalue weighted by Crippen LogP contribution is -2.55. The Morgan fingerprint density at radius 2 is 0.828 bits per heavy atom. The van der Waals surface area contributed by atoms with Crippen molar-refractivity contribution in [2.75, 3.05) is 52.5 Å². The number of amides is 10. The van der Waals surface area contributed by atoms with Crippen molar-refractivity contribution in [3.05, 3.63) is 71.3 Å². The van der Waals surface area contributed by atoms with Crippen LogP contribution >= 0.6 is 0 Å². The molecule has 0 aliphatic heterocycles. The van der Waals surface area contributed by atoms with Gasteiger partial charge < -0.3 is 103 Å². The number of aliphatic carboxylic acids is 2. The van der Waals surface area contributed by atoms with Crippen molar-refractivity contribution in [1.29, 1.82) is 0 Å². The highest BCUT2D eigenvalue weighted by atomic mass is 19.1. The maximum Gasteiger partial charge on any atom is 0.305 e. The number of oxime groups is 1. The predicted octanol–water partition coefficient (Wildman–Crippen LogP) is -6.88. The number of carboxylic acids is 2. The van der Waals surface area contributed by atoms with Crippen LogP contribution in [0.1, 0.15) is 93.0 Å². The van der Waals surface area contributed by atoms with Crippen LogP contribution in [0.4, 0.5) is 8.78 Å². The minimum absolute atomic E-state index is 0.0174. The molecule has 0 aliphatic carbocycles. The van der Waals surface area contributed by atoms with Gasteiger partial charge in [-0.05, 0) is 119 Å². The smallest absolute Gasteiger partial charge is 0.305 e. The van der Waals surface area contributed by atoms with E-state index in [1.807, 2.05) is 0 Å². The zero-order chi connectivity index (χ0) is 70.3. The molecule has 0 bridgehead atoms. The number of hydrogen-bond acceptors (Lipinski definition) is 21. The van der Waals surface area contributed by atoms with Crippen LogP contribution in [-0.4, -0.2) is 194 Å². The first-order valence-electron chi connectivity index (χ1n) is 28.4. The molecule has 516 valence electrons. The lowest BCUT2D eigenvalue weighted by Gasteiger charge is -2.23. The number of aliphatic imine (C=N–C) groups is 2. The quantitative estimate of drug-likeness (QED) is 0.00965. The first-order valence-corrected chi connectivity index (χ1v) is 28.4. The zero-order valence-electron chi connectivity index (χ0n) is 50.7. The van der Waals surface area contributed by atoms with Crippen LogP contribution in [0.2, 0.25) is 0 Å². The third-order valence-electron chi connectivity index (χ3n) is 11.9. The van der Waals surface area contributed by atoms with Crippen LogP contribution < -0.4 is 94.3 Å². The van der Waals surface area contributed by atoms with Gasteiger partial charge in [0, 0.05) is 18.7 Å². The number of nitrogens with one attached hydrogen (secondary N) is 8. The normalized spacial score (nSPS) is 12.4. The topological polar surface area (TPSA) is 648 Å². The molecule has 0 saturated heterocycles. The van der Waals surface area contributed by atoms with Crippen molar-refractivity contribution in [2.45, 2.75) is 113 Å². The summed E-state index contributed by atoms with van der Waals surface area (Å²) in [5, 5.41) is 40.2. The molecule has 0 radical (unpaired) electrons. The van der Waals surface area contributed by atoms with Gasteiger partial charge in [-0.2, -0.15) is 0 Å². The molecule has 0 aromatic heterocycles. The number of benzene rings is 2. The predicted molar refractivity (Wildman–Crippen MR) is 328 cm³/mol. The number of halogens is 2. The highest BCUT2D eigenvalue weighted by molar-refractivity contribution is 5.96. The second-order valence-corrected chi connectivity index (χ2v) is 19.5. The highest BCUT2D eigenvalue weighted by Gasteiger charge is 2.30. The second kappa shape index (κ2) is 48.3. The van der Waals surface area contributed by atoms with Crippen molar-refractivity contribution in [2.24, 2.45) is 66.9 Å². The van der Waals surface area contributed by atoms with E-state index in [0.29, 0.717) is 56.2 Å². The van der Waals surface area contributed by atoms with Crippen LogP contribution in [0, 0.1) is 11.6 Å². The van der Waals surface area contributed by atoms with Gasteiger partial charge in [-0.3, -0.25) is 77.2 Å². The molecule has 6 atom stereocenters. The van der Waals surface area contributed by atoms with Gasteiger partial charge in [0.2, 0.25) is 53.2 Å². The minimum atomic E-state index is -1.51. The molecule has 2 aromatic rings. The number of primary amides is 2. The lowest BCUT2D eigenvalue weighted by molar-refractivity contribution is -0.140. The maximum atomic E-state index is 13.2. The van der Waals surface area contributed by atoms with Gasteiger partial charge in [0.15, 0.2) is 18.5 Å². The first-order chi connectivity index (χ1) is 44.0. The molecule has 0 aliphatic rings. The van der Waals surface area contributed by atoms with E-state index >= 15 is 0 Å². The van der Waals surface area contributed by atoms with Crippen LogP contribution in [-0.2, 0) is 67.2 Å². The molecule has 2 rings (SSSR count). The Bertz CT molecular complexity index is 2830. The van der Waals surface area contributed by atoms with Gasteiger partial charge in [0.05, 0.1) is 32.1 Å². The zero-order valence-corrected chi connectivity index (χ0v) is 50.7. The van der Waals surface area contributed by atoms with E-state index < -0.39 is 152 Å². The van der Waals surface area contributed by atoms with Crippen molar-refractivity contribution in [1.82, 2.24) is 42.5 Å². The summed E-state index contributed by atoms with van der Waals surface area (Å²) in [5.74, 6) is -7.22. The average Bonchev–Trinajstić information content (AvgIpc) is 1.29. The number of nitrogens with two attached hydrogens (primary N) is 9. The Morgan fingerprint density at radius 3 is 1.17 bits per heavy atom. The molecule has 37 nitrogen and oxygen atoms in total. The van der Waals surface area contributed by atoms with Crippen LogP contribution in [0.3, 0.4) is 0 Å². The Labute approximate surface area is 531 Å². The average molecular weight is 1320 g/mol. The number of rotatable bonds is 43. The fraction of sp³-hybridized carbons (Fsp3) is 0.481. The van der Waals surface area contributed by atoms with E-state index in [2.05, 4.69) is 62.5 Å². The van der Waals surface area contributed by atoms with Crippen molar-refractivity contribution < 1.29 is 91.0 Å². The number of unbranched alkanes of at least 4 members (excludes halogenated alkanes) is 2. The van der Waals surface area contributed by atoms with Crippen molar-refractivity contribution in [3.8, 4) is 0 Å². The standard InChI is InChI=1S/C27H41FN10O8.C20H38N10O8.C7H5FO/c28-17-8-6-16(7-9-17)13-35-46-15-22(40)36-19(4-1-2-10-29)26(45)38-18(5-3-11-33-27(31)32)25(44)34-14-21(39)37-20(24(30)43)12-23(41)42;21-6-2-1-4-12(28-15(32)10-38-25)19(37)30-11(5-3-7-26-20(23)24)18(36)27-9-14(31)29-13(17(22)35)8-16(33)34;8-7-3-1-6(5-9)2-4-7/h6-9,13,18-20H,1-5,10-12,14-15,29H2,(H2,30,43)(H,34,44)(H,36,40)(H,37,39)(H,38,45)(H,41,42)(H4,31,32,33);11-13H,1-10,21,25H2,(H2,22,35)(H,27,36)(H,28,32)(H,29,31)(H,30,37)(H,33,34)(H4,23,24,26);1-5H/b35-13+;;. The summed E-state index contributed by atoms with van der Waals surface area (Å²) in [4.78, 5) is 172. The number of nitrogens with zero attached hydrogens (tertiary/aromatic N) is 3. The monoisotopic (exact) mass is 1320 g/mol. The molecule has 2 aromatic carbocycles. The van der Waals surface area contributed by atoms with Crippen LogP contribution in [0.15, 0.2) is 63.7 Å². The Kier molecular flexibility index (Phi) is 42.9. The van der Waals surface area contributed by atoms with E-state index in [1.165, 1.54) is 54.7 Å². The van der Waals surface area contributed by atoms with E-state index in [9.17, 15) is 71.1 Å². The van der Waals surface area contributed by atoms with Gasteiger partial charge in [-0.1, -0.05) is 17.3 Å². The molecule has 6 unspecified atom stereocenters. The van der Waals surface area contributed by atoms with Crippen molar-refractivity contribution >= 4 is 95.4 Å². The fourth-order valence-electron chi connectivity index (χ4n) is 7.31. The number of aldehydes is 1. The summed E-state index contributed by atoms with van der Waals surface area (Å²) < 4.78 is 25.1. The van der Waals surface area contributed by atoms with Gasteiger partial charge in [0.1, 0.15) is 60.8 Å². The van der Waals surface area contributed by atoms with Crippen LogP contribution in [0.5, 0.6) is 0 Å². The van der Waals surface area contributed by atoms with E-state index in [-0.39, 0.29) is 69.4 Å². The number of guanidine groups is 2. The SMILES string of the molecule is NCCCCC(NC(=O)CO/N=C/c1ccc(F)cc1)C(=O)NC(CCCN=C(N)N)C(=O)NCC(=O)NC(CC(=O)O)C(N)=O.NCCCCC(NC(=O)CON)C(=O)NC(CCCN=C(N)N)C(=O)NCC(=O)NC(CC(=O)O)C(N)=O.O=Cc1ccc(F)cc1. The number of carboxylic acid groups (broad SMARTS) is 2. The molecule has 0 heterocycles. The minimum Gasteiger partial charge on any atom is -0.481 e. The molecule has 0 saturated carbocycles. The van der Waals surface area contributed by atoms with Gasteiger partial charge >= 0.3 is 11.9 Å². The van der Waals surface area contributed by atoms with E-state index in [1.54, 1.807) is 0 Å². The molecular formula is C54H84F2N20O17. The summed E-state index contributed by atoms with van der Waals surface area (Å²) in [6, 6.07) is 3.21. The van der Waals surface area contributed by atoms with E-state index in [4.69, 9.17) is 66.8 Å². The summed E-state index contributed by atoms with van der Waals surface area (Å²) in [7, 11) is 0. The summed E-state index contributed by atoms with van der Waals surface area (Å²) in [6.07, 6.45) is 3.45. The largest absolute Gasteiger partial charge is 0.481 e. The summed E-state index contributed by atoms with van der Waals surface area (Å²) in [6.45, 7) is -1.40. The number of hydrogen-bond donors (Lipinski definition) is 19. The molecular weight excluding hydrogens is 1240 g/mol. The molecule has 39 heteroatoms. The third kappa shape index (κ3) is 41.4. The molecule has 28 N–H and O–H groups in total. The van der Waals surface area contributed by atoms with Gasteiger partial charge in [-0.15, -0.1) is 0 Å². The van der Waals surface area contributed by atoms with Gasteiger partial charge in [-0.25, -0.2) is 14.7 Å². The van der Waals surface area contributed by atoms with Gasteiger partial charge in [0.25, 0.3) is 5.91 Å². The van der Waals surface area contributed by atoms with Crippen molar-refractivity contribution in [3.63, 3.8) is 0 Å². The number of carbonyl (C=O) groups is 13.